The van der Waals surface area contributed by atoms with Crippen LogP contribution in [0.4, 0.5) is 5.82 Å². The Morgan fingerprint density at radius 3 is 2.90 bits per heavy atom. The number of rotatable bonds is 6. The standard InChI is InChI=1S/C16H26N4O/c1-3-4-5-10-17-15-9-8-14(18-19-15)16(21)20-11-6-7-13(2)12-20/h8-9,13H,3-7,10-12H2,1-2H3,(H,17,19). The molecule has 5 heteroatoms. The SMILES string of the molecule is CCCCCNc1ccc(C(=O)N2CCCC(C)C2)nn1. The molecule has 1 saturated heterocycles. The second kappa shape index (κ2) is 7.96. The molecule has 2 rings (SSSR count). The summed E-state index contributed by atoms with van der Waals surface area (Å²) in [5, 5.41) is 11.4. The summed E-state index contributed by atoms with van der Waals surface area (Å²) >= 11 is 0. The van der Waals surface area contributed by atoms with Gasteiger partial charge in [0.05, 0.1) is 0 Å². The van der Waals surface area contributed by atoms with Crippen molar-refractivity contribution >= 4 is 11.7 Å². The lowest BCUT2D eigenvalue weighted by Gasteiger charge is -2.30. The number of unbranched alkanes of at least 4 members (excludes halogenated alkanes) is 2. The Morgan fingerprint density at radius 2 is 2.24 bits per heavy atom. The third-order valence-corrected chi connectivity index (χ3v) is 3.91. The van der Waals surface area contributed by atoms with E-state index in [0.29, 0.717) is 11.6 Å². The molecular formula is C16H26N4O. The van der Waals surface area contributed by atoms with Crippen molar-refractivity contribution in [3.63, 3.8) is 0 Å². The largest absolute Gasteiger partial charge is 0.369 e. The van der Waals surface area contributed by atoms with Crippen LogP contribution < -0.4 is 5.32 Å². The van der Waals surface area contributed by atoms with Crippen LogP contribution in [0.25, 0.3) is 0 Å². The summed E-state index contributed by atoms with van der Waals surface area (Å²) in [7, 11) is 0. The van der Waals surface area contributed by atoms with Crippen LogP contribution in [-0.4, -0.2) is 40.6 Å². The molecule has 1 N–H and O–H groups in total. The van der Waals surface area contributed by atoms with Crippen LogP contribution in [0.2, 0.25) is 0 Å². The molecule has 0 saturated carbocycles. The molecule has 21 heavy (non-hydrogen) atoms. The molecule has 1 aromatic rings. The van der Waals surface area contributed by atoms with Crippen molar-refractivity contribution < 1.29 is 4.79 Å². The Labute approximate surface area is 127 Å². The molecule has 1 aliphatic rings. The lowest BCUT2D eigenvalue weighted by atomic mass is 10.00. The quantitative estimate of drug-likeness (QED) is 0.818. The number of carbonyl (C=O) groups is 1. The van der Waals surface area contributed by atoms with E-state index in [0.717, 1.165) is 38.3 Å². The van der Waals surface area contributed by atoms with E-state index in [9.17, 15) is 4.79 Å². The average Bonchev–Trinajstić information content (AvgIpc) is 2.51. The van der Waals surface area contributed by atoms with Crippen molar-refractivity contribution in [3.05, 3.63) is 17.8 Å². The molecular weight excluding hydrogens is 264 g/mol. The first-order valence-corrected chi connectivity index (χ1v) is 8.07. The zero-order valence-corrected chi connectivity index (χ0v) is 13.1. The van der Waals surface area contributed by atoms with Crippen LogP contribution in [0.1, 0.15) is 56.4 Å². The molecule has 1 unspecified atom stereocenters. The topological polar surface area (TPSA) is 58.1 Å². The monoisotopic (exact) mass is 290 g/mol. The van der Waals surface area contributed by atoms with Crippen molar-refractivity contribution in [2.75, 3.05) is 25.0 Å². The van der Waals surface area contributed by atoms with Gasteiger partial charge in [0, 0.05) is 19.6 Å². The summed E-state index contributed by atoms with van der Waals surface area (Å²) in [5.74, 6) is 1.33. The fourth-order valence-corrected chi connectivity index (χ4v) is 2.67. The number of likely N-dealkylation sites (tertiary alicyclic amines) is 1. The number of nitrogens with one attached hydrogen (secondary N) is 1. The number of hydrogen-bond donors (Lipinski definition) is 1. The maximum atomic E-state index is 12.4. The Bertz CT molecular complexity index is 446. The highest BCUT2D eigenvalue weighted by atomic mass is 16.2. The molecule has 0 bridgehead atoms. The molecule has 0 spiro atoms. The van der Waals surface area contributed by atoms with E-state index in [2.05, 4.69) is 29.4 Å². The number of piperidine rings is 1. The molecule has 0 aliphatic carbocycles. The second-order valence-corrected chi connectivity index (χ2v) is 5.94. The van der Waals surface area contributed by atoms with Gasteiger partial charge in [-0.05, 0) is 37.3 Å². The predicted molar refractivity (Wildman–Crippen MR) is 84.3 cm³/mol. The molecule has 1 aromatic heterocycles. The normalized spacial score (nSPS) is 18.6. The molecule has 1 aliphatic heterocycles. The highest BCUT2D eigenvalue weighted by Gasteiger charge is 2.23. The van der Waals surface area contributed by atoms with Crippen LogP contribution in [0.5, 0.6) is 0 Å². The number of anilines is 1. The van der Waals surface area contributed by atoms with Gasteiger partial charge in [0.15, 0.2) is 5.69 Å². The Balaban J connectivity index is 1.87. The minimum absolute atomic E-state index is 0.00610. The summed E-state index contributed by atoms with van der Waals surface area (Å²) in [5.41, 5.74) is 0.447. The summed E-state index contributed by atoms with van der Waals surface area (Å²) < 4.78 is 0. The molecule has 1 amide bonds. The third-order valence-electron chi connectivity index (χ3n) is 3.91. The first-order chi connectivity index (χ1) is 10.2. The van der Waals surface area contributed by atoms with E-state index >= 15 is 0 Å². The Kier molecular flexibility index (Phi) is 5.96. The van der Waals surface area contributed by atoms with Crippen LogP contribution in [0.3, 0.4) is 0 Å². The van der Waals surface area contributed by atoms with Gasteiger partial charge in [-0.3, -0.25) is 4.79 Å². The zero-order valence-electron chi connectivity index (χ0n) is 13.1. The van der Waals surface area contributed by atoms with E-state index in [1.54, 1.807) is 6.07 Å². The number of amides is 1. The van der Waals surface area contributed by atoms with E-state index in [-0.39, 0.29) is 5.91 Å². The molecule has 0 aromatic carbocycles. The lowest BCUT2D eigenvalue weighted by Crippen LogP contribution is -2.39. The molecule has 5 nitrogen and oxygen atoms in total. The van der Waals surface area contributed by atoms with Crippen molar-refractivity contribution in [2.45, 2.75) is 46.0 Å². The lowest BCUT2D eigenvalue weighted by molar-refractivity contribution is 0.0676. The van der Waals surface area contributed by atoms with Gasteiger partial charge in [-0.2, -0.15) is 0 Å². The first kappa shape index (κ1) is 15.7. The van der Waals surface area contributed by atoms with Gasteiger partial charge in [0.1, 0.15) is 5.82 Å². The molecule has 0 radical (unpaired) electrons. The summed E-state index contributed by atoms with van der Waals surface area (Å²) in [4.78, 5) is 14.3. The number of aromatic nitrogens is 2. The van der Waals surface area contributed by atoms with Crippen LogP contribution in [0, 0.1) is 5.92 Å². The highest BCUT2D eigenvalue weighted by molar-refractivity contribution is 5.92. The minimum atomic E-state index is 0.00610. The molecule has 1 fully saturated rings. The van der Waals surface area contributed by atoms with Gasteiger partial charge in [0.25, 0.3) is 5.91 Å². The molecule has 1 atom stereocenters. The Hall–Kier alpha value is -1.65. The van der Waals surface area contributed by atoms with Gasteiger partial charge in [-0.15, -0.1) is 10.2 Å². The third kappa shape index (κ3) is 4.69. The van der Waals surface area contributed by atoms with Crippen molar-refractivity contribution in [1.82, 2.24) is 15.1 Å². The molecule has 2 heterocycles. The van der Waals surface area contributed by atoms with Gasteiger partial charge < -0.3 is 10.2 Å². The smallest absolute Gasteiger partial charge is 0.274 e. The summed E-state index contributed by atoms with van der Waals surface area (Å²) in [6, 6.07) is 3.62. The van der Waals surface area contributed by atoms with Crippen molar-refractivity contribution in [1.29, 1.82) is 0 Å². The number of nitrogens with zero attached hydrogens (tertiary/aromatic N) is 3. The zero-order chi connectivity index (χ0) is 15.1. The maximum absolute atomic E-state index is 12.4. The fourth-order valence-electron chi connectivity index (χ4n) is 2.67. The highest BCUT2D eigenvalue weighted by Crippen LogP contribution is 2.17. The van der Waals surface area contributed by atoms with E-state index in [4.69, 9.17) is 0 Å². The predicted octanol–water partition coefficient (Wildman–Crippen LogP) is 2.95. The maximum Gasteiger partial charge on any atom is 0.274 e. The van der Waals surface area contributed by atoms with Crippen molar-refractivity contribution in [2.24, 2.45) is 5.92 Å². The van der Waals surface area contributed by atoms with Gasteiger partial charge in [-0.1, -0.05) is 26.7 Å². The number of carbonyl (C=O) groups excluding carboxylic acids is 1. The van der Waals surface area contributed by atoms with Crippen LogP contribution in [0.15, 0.2) is 12.1 Å². The fraction of sp³-hybridized carbons (Fsp3) is 0.688. The average molecular weight is 290 g/mol. The van der Waals surface area contributed by atoms with Crippen LogP contribution in [-0.2, 0) is 0 Å². The van der Waals surface area contributed by atoms with E-state index in [1.165, 1.54) is 19.3 Å². The van der Waals surface area contributed by atoms with Gasteiger partial charge in [0.2, 0.25) is 0 Å². The summed E-state index contributed by atoms with van der Waals surface area (Å²) in [6.07, 6.45) is 5.83. The molecule has 116 valence electrons. The van der Waals surface area contributed by atoms with E-state index < -0.39 is 0 Å². The van der Waals surface area contributed by atoms with E-state index in [1.807, 2.05) is 11.0 Å². The van der Waals surface area contributed by atoms with Gasteiger partial charge >= 0.3 is 0 Å². The second-order valence-electron chi connectivity index (χ2n) is 5.94. The first-order valence-electron chi connectivity index (χ1n) is 8.07. The van der Waals surface area contributed by atoms with Crippen LogP contribution >= 0.6 is 0 Å². The Morgan fingerprint density at radius 1 is 1.38 bits per heavy atom. The van der Waals surface area contributed by atoms with Gasteiger partial charge in [-0.25, -0.2) is 0 Å². The summed E-state index contributed by atoms with van der Waals surface area (Å²) in [6.45, 7) is 6.94. The van der Waals surface area contributed by atoms with Crippen molar-refractivity contribution in [3.8, 4) is 0 Å². The minimum Gasteiger partial charge on any atom is -0.369 e. The number of hydrogen-bond acceptors (Lipinski definition) is 4.